The molecule has 1 aliphatic carbocycles. The molecule has 4 rings (SSSR count). The van der Waals surface area contributed by atoms with Crippen LogP contribution < -0.4 is 0 Å². The van der Waals surface area contributed by atoms with E-state index < -0.39 is 0 Å². The van der Waals surface area contributed by atoms with Gasteiger partial charge in [0.05, 0.1) is 0 Å². The second kappa shape index (κ2) is 15.2. The summed E-state index contributed by atoms with van der Waals surface area (Å²) in [7, 11) is 2.11. The van der Waals surface area contributed by atoms with Gasteiger partial charge in [-0.05, 0) is 6.92 Å². The molecule has 0 amide bonds. The molecule has 2 aromatic carbocycles. The van der Waals surface area contributed by atoms with Gasteiger partial charge < -0.3 is 0 Å². The van der Waals surface area contributed by atoms with E-state index in [0.29, 0.717) is 5.76 Å². The van der Waals surface area contributed by atoms with E-state index in [1.807, 2.05) is 24.3 Å². The van der Waals surface area contributed by atoms with Crippen LogP contribution in [0.3, 0.4) is 0 Å². The Labute approximate surface area is 234 Å². The molecule has 0 spiro atoms. The van der Waals surface area contributed by atoms with Gasteiger partial charge in [-0.15, -0.1) is 0 Å². The van der Waals surface area contributed by atoms with E-state index in [4.69, 9.17) is 4.74 Å². The SMILES string of the molecule is C=C/C=[CH]/[Sb][CH]1CCN(/C(CN(C)CC)=C(\OC2Cc3ccccc3C2)C(C)=O)C1.Cc1ccccc1. The average molecular weight is 608 g/mol. The van der Waals surface area contributed by atoms with Crippen LogP contribution in [-0.2, 0) is 22.4 Å². The maximum absolute atomic E-state index is 12.7. The van der Waals surface area contributed by atoms with Crippen molar-refractivity contribution in [1.82, 2.24) is 9.80 Å². The van der Waals surface area contributed by atoms with E-state index in [9.17, 15) is 4.79 Å². The number of carbonyl (C=O) groups is 1. The summed E-state index contributed by atoms with van der Waals surface area (Å²) in [4.78, 5) is 17.4. The van der Waals surface area contributed by atoms with E-state index in [1.54, 1.807) is 6.92 Å². The van der Waals surface area contributed by atoms with E-state index in [2.05, 4.69) is 83.8 Å². The topological polar surface area (TPSA) is 32.8 Å². The number of carbonyl (C=O) groups excluding carboxylic acids is 1. The molecule has 0 N–H and O–H groups in total. The smallest absolute Gasteiger partial charge is 0.0398 e. The van der Waals surface area contributed by atoms with Gasteiger partial charge in [-0.3, -0.25) is 0 Å². The normalized spacial score (nSPS) is 17.9. The standard InChI is InChI=1S/C21H29N2O2.C7H8.C4H5.Sb/c1-4-22(3)15-20(23-11-7-8-12-23)21(16(2)24)25-19-13-17-9-5-6-10-18(17)14-19;1-7-5-3-2-4-6-7;1-3-4-2;/h5-7,9-10,19H,4,8,11-15H2,1-3H3;2-6H,1H3;1,3-4H,2H2;/b21-20-;;;. The summed E-state index contributed by atoms with van der Waals surface area (Å²) in [5.41, 5.74) is 5.09. The van der Waals surface area contributed by atoms with Gasteiger partial charge in [-0.1, -0.05) is 35.9 Å². The first-order valence-corrected chi connectivity index (χ1v) is 16.3. The van der Waals surface area contributed by atoms with Crippen molar-refractivity contribution in [1.29, 1.82) is 0 Å². The monoisotopic (exact) mass is 607 g/mol. The quantitative estimate of drug-likeness (QED) is 0.148. The molecule has 1 fully saturated rings. The van der Waals surface area contributed by atoms with E-state index in [1.165, 1.54) is 23.1 Å². The number of rotatable bonds is 10. The Morgan fingerprint density at radius 3 is 2.32 bits per heavy atom. The predicted octanol–water partition coefficient (Wildman–Crippen LogP) is 5.82. The second-order valence-corrected chi connectivity index (χ2v) is 13.6. The van der Waals surface area contributed by atoms with Gasteiger partial charge in [0, 0.05) is 0 Å². The summed E-state index contributed by atoms with van der Waals surface area (Å²) >= 11 is -0.381. The first kappa shape index (κ1) is 29.3. The summed E-state index contributed by atoms with van der Waals surface area (Å²) in [6.07, 6.45) is 6.97. The minimum atomic E-state index is -0.381. The van der Waals surface area contributed by atoms with Crippen LogP contribution in [0.4, 0.5) is 0 Å². The Morgan fingerprint density at radius 2 is 1.78 bits per heavy atom. The third-order valence-electron chi connectivity index (χ3n) is 6.84. The predicted molar refractivity (Wildman–Crippen MR) is 156 cm³/mol. The van der Waals surface area contributed by atoms with E-state index in [0.717, 1.165) is 48.6 Å². The zero-order chi connectivity index (χ0) is 26.6. The number of hydrogen-bond acceptors (Lipinski definition) is 4. The van der Waals surface area contributed by atoms with Crippen LogP contribution >= 0.6 is 0 Å². The number of benzene rings is 2. The van der Waals surface area contributed by atoms with Crippen LogP contribution in [0.15, 0.2) is 88.8 Å². The van der Waals surface area contributed by atoms with Crippen molar-refractivity contribution >= 4 is 27.4 Å². The molecular formula is C32H42N2O2Sb. The van der Waals surface area contributed by atoms with Crippen LogP contribution in [0.2, 0.25) is 3.86 Å². The van der Waals surface area contributed by atoms with Gasteiger partial charge in [0.25, 0.3) is 0 Å². The van der Waals surface area contributed by atoms with E-state index >= 15 is 0 Å². The maximum atomic E-state index is 12.7. The van der Waals surface area contributed by atoms with Crippen molar-refractivity contribution in [2.24, 2.45) is 0 Å². The van der Waals surface area contributed by atoms with Crippen molar-refractivity contribution < 1.29 is 9.53 Å². The largest absolute Gasteiger partial charge is 0.0622 e. The summed E-state index contributed by atoms with van der Waals surface area (Å²) < 4.78 is 9.55. The second-order valence-electron chi connectivity index (χ2n) is 9.85. The molecule has 1 saturated heterocycles. The third kappa shape index (κ3) is 9.20. The molecule has 1 aliphatic heterocycles. The molecule has 2 aliphatic rings. The van der Waals surface area contributed by atoms with Gasteiger partial charge in [0.15, 0.2) is 0 Å². The number of nitrogens with zero attached hydrogens (tertiary/aromatic N) is 2. The molecule has 5 heteroatoms. The molecular weight excluding hydrogens is 566 g/mol. The number of aryl methyl sites for hydroxylation is 1. The number of fused-ring (bicyclic) bond motifs is 1. The van der Waals surface area contributed by atoms with Crippen LogP contribution in [0.25, 0.3) is 0 Å². The van der Waals surface area contributed by atoms with Crippen LogP contribution in [-0.4, -0.2) is 76.5 Å². The Balaban J connectivity index is 0.000000468. The first-order valence-electron chi connectivity index (χ1n) is 13.3. The molecule has 0 saturated carbocycles. The summed E-state index contributed by atoms with van der Waals surface area (Å²) in [6, 6.07) is 18.8. The summed E-state index contributed by atoms with van der Waals surface area (Å²) in [5.74, 6) is 0.622. The van der Waals surface area contributed by atoms with Crippen molar-refractivity contribution in [2.75, 3.05) is 33.2 Å². The average Bonchev–Trinajstić information content (AvgIpc) is 3.53. The van der Waals surface area contributed by atoms with Gasteiger partial charge in [0.1, 0.15) is 0 Å². The summed E-state index contributed by atoms with van der Waals surface area (Å²) in [6.45, 7) is 13.4. The zero-order valence-corrected chi connectivity index (χ0v) is 25.5. The number of likely N-dealkylation sites (N-methyl/N-ethyl adjacent to an activating group) is 1. The van der Waals surface area contributed by atoms with Gasteiger partial charge in [-0.2, -0.15) is 0 Å². The van der Waals surface area contributed by atoms with Crippen molar-refractivity contribution in [2.45, 2.75) is 50.0 Å². The minimum absolute atomic E-state index is 0.0405. The van der Waals surface area contributed by atoms with Crippen LogP contribution in [0.1, 0.15) is 37.0 Å². The molecule has 1 heterocycles. The molecule has 37 heavy (non-hydrogen) atoms. The molecule has 0 bridgehead atoms. The number of hydrogen-bond donors (Lipinski definition) is 0. The van der Waals surface area contributed by atoms with Crippen molar-refractivity contribution in [3.63, 3.8) is 0 Å². The number of ketones is 1. The van der Waals surface area contributed by atoms with Gasteiger partial charge >= 0.3 is 193 Å². The number of likely N-dealkylation sites (tertiary alicyclic amines) is 1. The fourth-order valence-electron chi connectivity index (χ4n) is 4.68. The summed E-state index contributed by atoms with van der Waals surface area (Å²) in [5, 5.41) is 0. The minimum Gasteiger partial charge on any atom is -0.0622 e. The van der Waals surface area contributed by atoms with Crippen LogP contribution in [0, 0.1) is 6.92 Å². The molecule has 1 atom stereocenters. The molecule has 1 unspecified atom stereocenters. The fourth-order valence-corrected chi connectivity index (χ4v) is 7.59. The molecule has 197 valence electrons. The number of allylic oxidation sites excluding steroid dienone is 3. The fraction of sp³-hybridized carbons (Fsp3) is 0.406. The number of ether oxygens (including phenoxy) is 1. The molecule has 0 aromatic heterocycles. The zero-order valence-electron chi connectivity index (χ0n) is 22.9. The molecule has 1 radical (unpaired) electrons. The molecule has 4 nitrogen and oxygen atoms in total. The first-order chi connectivity index (χ1) is 17.9. The maximum Gasteiger partial charge on any atom is -0.0398 e. The Morgan fingerprint density at radius 1 is 1.14 bits per heavy atom. The van der Waals surface area contributed by atoms with Crippen molar-refractivity contribution in [3.05, 3.63) is 105 Å². The van der Waals surface area contributed by atoms with Gasteiger partial charge in [-0.25, -0.2) is 0 Å². The molecule has 2 aromatic rings. The van der Waals surface area contributed by atoms with E-state index in [-0.39, 0.29) is 33.5 Å². The third-order valence-corrected chi connectivity index (χ3v) is 10.2. The Kier molecular flexibility index (Phi) is 12.0. The van der Waals surface area contributed by atoms with Crippen molar-refractivity contribution in [3.8, 4) is 0 Å². The number of Topliss-reactive ketones (excluding diaryl/α,β-unsaturated/α-hetero) is 1. The van der Waals surface area contributed by atoms with Crippen LogP contribution in [0.5, 0.6) is 0 Å². The van der Waals surface area contributed by atoms with Gasteiger partial charge in [0.2, 0.25) is 0 Å². The Bertz CT molecular complexity index is 1050. The Hall–Kier alpha value is -2.29.